The standard InChI is InChI=1S/C13H17N5O2S/c1-8(2)18-12(14)16-17-13(18)21-7-9-5-4-6-10(15-9)11(19)20-3/h4-6,8H,7H2,1-3H3,(H2,14,16). The highest BCUT2D eigenvalue weighted by atomic mass is 32.2. The molecule has 112 valence electrons. The number of nitrogen functional groups attached to an aromatic ring is 1. The zero-order valence-corrected chi connectivity index (χ0v) is 12.9. The molecule has 0 saturated heterocycles. The van der Waals surface area contributed by atoms with E-state index in [0.717, 1.165) is 10.9 Å². The molecule has 0 aliphatic heterocycles. The molecule has 0 radical (unpaired) electrons. The van der Waals surface area contributed by atoms with E-state index < -0.39 is 5.97 Å². The first-order chi connectivity index (χ1) is 10.0. The minimum atomic E-state index is -0.448. The van der Waals surface area contributed by atoms with Gasteiger partial charge in [0.15, 0.2) is 5.16 Å². The Morgan fingerprint density at radius 1 is 1.43 bits per heavy atom. The summed E-state index contributed by atoms with van der Waals surface area (Å²) in [6, 6.07) is 5.42. The second-order valence-corrected chi connectivity index (χ2v) is 5.54. The van der Waals surface area contributed by atoms with Crippen LogP contribution < -0.4 is 5.73 Å². The molecule has 0 aromatic carbocycles. The van der Waals surface area contributed by atoms with E-state index >= 15 is 0 Å². The van der Waals surface area contributed by atoms with Crippen molar-refractivity contribution in [2.24, 2.45) is 0 Å². The van der Waals surface area contributed by atoms with Crippen molar-refractivity contribution in [1.29, 1.82) is 0 Å². The molecule has 2 aromatic heterocycles. The van der Waals surface area contributed by atoms with Crippen LogP contribution >= 0.6 is 11.8 Å². The van der Waals surface area contributed by atoms with Crippen molar-refractivity contribution in [2.75, 3.05) is 12.8 Å². The summed E-state index contributed by atoms with van der Waals surface area (Å²) in [5.74, 6) is 0.510. The molecular formula is C13H17N5O2S. The number of hydrogen-bond donors (Lipinski definition) is 1. The third-order valence-electron chi connectivity index (χ3n) is 2.76. The Hall–Kier alpha value is -2.09. The fourth-order valence-corrected chi connectivity index (χ4v) is 2.77. The van der Waals surface area contributed by atoms with Crippen LogP contribution in [0.25, 0.3) is 0 Å². The fraction of sp³-hybridized carbons (Fsp3) is 0.385. The van der Waals surface area contributed by atoms with Gasteiger partial charge >= 0.3 is 5.97 Å². The predicted octanol–water partition coefficient (Wildman–Crippen LogP) is 1.92. The number of nitrogens with zero attached hydrogens (tertiary/aromatic N) is 4. The lowest BCUT2D eigenvalue weighted by molar-refractivity contribution is 0.0594. The van der Waals surface area contributed by atoms with Gasteiger partial charge in [0.25, 0.3) is 0 Å². The Balaban J connectivity index is 2.12. The lowest BCUT2D eigenvalue weighted by Gasteiger charge is -2.11. The second kappa shape index (κ2) is 6.57. The maximum absolute atomic E-state index is 11.5. The summed E-state index contributed by atoms with van der Waals surface area (Å²) in [6.45, 7) is 4.03. The highest BCUT2D eigenvalue weighted by Gasteiger charge is 2.14. The first-order valence-corrected chi connectivity index (χ1v) is 7.39. The molecule has 7 nitrogen and oxygen atoms in total. The van der Waals surface area contributed by atoms with Gasteiger partial charge in [-0.15, -0.1) is 10.2 Å². The van der Waals surface area contributed by atoms with Crippen LogP contribution in [0.15, 0.2) is 23.4 Å². The van der Waals surface area contributed by atoms with E-state index in [9.17, 15) is 4.79 Å². The fourth-order valence-electron chi connectivity index (χ4n) is 1.79. The molecule has 21 heavy (non-hydrogen) atoms. The van der Waals surface area contributed by atoms with Crippen molar-refractivity contribution < 1.29 is 9.53 Å². The van der Waals surface area contributed by atoms with E-state index in [1.165, 1.54) is 18.9 Å². The van der Waals surface area contributed by atoms with Crippen molar-refractivity contribution in [3.05, 3.63) is 29.6 Å². The summed E-state index contributed by atoms with van der Waals surface area (Å²) in [7, 11) is 1.33. The molecule has 0 saturated carbocycles. The minimum Gasteiger partial charge on any atom is -0.464 e. The first kappa shape index (κ1) is 15.3. The number of carbonyl (C=O) groups is 1. The summed E-state index contributed by atoms with van der Waals surface area (Å²) < 4.78 is 6.51. The van der Waals surface area contributed by atoms with Crippen LogP contribution in [0.5, 0.6) is 0 Å². The number of carbonyl (C=O) groups excluding carboxylic acids is 1. The molecule has 2 heterocycles. The van der Waals surface area contributed by atoms with Gasteiger partial charge in [-0.25, -0.2) is 9.78 Å². The van der Waals surface area contributed by atoms with E-state index in [-0.39, 0.29) is 6.04 Å². The number of rotatable bonds is 5. The van der Waals surface area contributed by atoms with E-state index in [2.05, 4.69) is 19.9 Å². The van der Waals surface area contributed by atoms with Crippen molar-refractivity contribution in [3.63, 3.8) is 0 Å². The van der Waals surface area contributed by atoms with E-state index in [0.29, 0.717) is 17.4 Å². The van der Waals surface area contributed by atoms with Crippen LogP contribution in [0.4, 0.5) is 5.95 Å². The van der Waals surface area contributed by atoms with Gasteiger partial charge in [-0.3, -0.25) is 4.57 Å². The van der Waals surface area contributed by atoms with Gasteiger partial charge in [-0.1, -0.05) is 17.8 Å². The van der Waals surface area contributed by atoms with Gasteiger partial charge in [0.1, 0.15) is 5.69 Å². The zero-order chi connectivity index (χ0) is 15.4. The Kier molecular flexibility index (Phi) is 4.79. The smallest absolute Gasteiger partial charge is 0.356 e. The zero-order valence-electron chi connectivity index (χ0n) is 12.1. The van der Waals surface area contributed by atoms with Crippen LogP contribution in [-0.2, 0) is 10.5 Å². The van der Waals surface area contributed by atoms with Crippen molar-refractivity contribution in [3.8, 4) is 0 Å². The van der Waals surface area contributed by atoms with Crippen LogP contribution in [0, 0.1) is 0 Å². The number of anilines is 1. The highest BCUT2D eigenvalue weighted by Crippen LogP contribution is 2.25. The molecule has 0 aliphatic rings. The largest absolute Gasteiger partial charge is 0.464 e. The molecule has 2 N–H and O–H groups in total. The molecule has 0 unspecified atom stereocenters. The molecule has 2 rings (SSSR count). The van der Waals surface area contributed by atoms with Gasteiger partial charge in [-0.05, 0) is 26.0 Å². The van der Waals surface area contributed by atoms with Crippen LogP contribution in [0.1, 0.15) is 36.1 Å². The number of thioether (sulfide) groups is 1. The monoisotopic (exact) mass is 307 g/mol. The van der Waals surface area contributed by atoms with E-state index in [4.69, 9.17) is 5.73 Å². The topological polar surface area (TPSA) is 95.9 Å². The number of aromatic nitrogens is 4. The Bertz CT molecular complexity index is 641. The summed E-state index contributed by atoms with van der Waals surface area (Å²) in [5.41, 5.74) is 6.85. The van der Waals surface area contributed by atoms with Crippen LogP contribution in [0.2, 0.25) is 0 Å². The maximum Gasteiger partial charge on any atom is 0.356 e. The Morgan fingerprint density at radius 2 is 2.19 bits per heavy atom. The van der Waals surface area contributed by atoms with Gasteiger partial charge in [0.05, 0.1) is 12.8 Å². The maximum atomic E-state index is 11.5. The van der Waals surface area contributed by atoms with Gasteiger partial charge in [0.2, 0.25) is 5.95 Å². The normalized spacial score (nSPS) is 10.9. The number of nitrogens with two attached hydrogens (primary N) is 1. The number of esters is 1. The van der Waals surface area contributed by atoms with Gasteiger partial charge < -0.3 is 10.5 Å². The van der Waals surface area contributed by atoms with Crippen molar-refractivity contribution >= 4 is 23.7 Å². The lowest BCUT2D eigenvalue weighted by atomic mass is 10.3. The molecule has 8 heteroatoms. The van der Waals surface area contributed by atoms with Crippen LogP contribution in [-0.4, -0.2) is 32.8 Å². The second-order valence-electron chi connectivity index (χ2n) is 4.60. The number of ether oxygens (including phenoxy) is 1. The van der Waals surface area contributed by atoms with E-state index in [1.54, 1.807) is 12.1 Å². The SMILES string of the molecule is COC(=O)c1cccc(CSc2nnc(N)n2C(C)C)n1. The number of hydrogen-bond acceptors (Lipinski definition) is 7. The van der Waals surface area contributed by atoms with Gasteiger partial charge in [0, 0.05) is 11.8 Å². The predicted molar refractivity (Wildman–Crippen MR) is 80.0 cm³/mol. The molecule has 0 atom stereocenters. The lowest BCUT2D eigenvalue weighted by Crippen LogP contribution is -2.07. The number of methoxy groups -OCH3 is 1. The molecule has 2 aromatic rings. The summed E-state index contributed by atoms with van der Waals surface area (Å²) in [4.78, 5) is 15.7. The van der Waals surface area contributed by atoms with Gasteiger partial charge in [-0.2, -0.15) is 0 Å². The van der Waals surface area contributed by atoms with Crippen molar-refractivity contribution in [2.45, 2.75) is 30.8 Å². The first-order valence-electron chi connectivity index (χ1n) is 6.40. The summed E-state index contributed by atoms with van der Waals surface area (Å²) in [5, 5.41) is 8.67. The Morgan fingerprint density at radius 3 is 2.86 bits per heavy atom. The van der Waals surface area contributed by atoms with E-state index in [1.807, 2.05) is 24.5 Å². The van der Waals surface area contributed by atoms with Crippen LogP contribution in [0.3, 0.4) is 0 Å². The molecule has 0 amide bonds. The summed E-state index contributed by atoms with van der Waals surface area (Å²) in [6.07, 6.45) is 0. The number of pyridine rings is 1. The average Bonchev–Trinajstić information content (AvgIpc) is 2.85. The molecule has 0 aliphatic carbocycles. The third-order valence-corrected chi connectivity index (χ3v) is 3.73. The summed E-state index contributed by atoms with van der Waals surface area (Å²) >= 11 is 1.47. The van der Waals surface area contributed by atoms with Crippen molar-refractivity contribution in [1.82, 2.24) is 19.7 Å². The third kappa shape index (κ3) is 3.52. The highest BCUT2D eigenvalue weighted by molar-refractivity contribution is 7.98. The quantitative estimate of drug-likeness (QED) is 0.665. The Labute approximate surface area is 126 Å². The molecule has 0 fully saturated rings. The minimum absolute atomic E-state index is 0.178. The molecule has 0 spiro atoms. The molecular weight excluding hydrogens is 290 g/mol. The molecule has 0 bridgehead atoms. The average molecular weight is 307 g/mol.